The van der Waals surface area contributed by atoms with Gasteiger partial charge in [0.15, 0.2) is 0 Å². The second-order valence-corrected chi connectivity index (χ2v) is 15.6. The third kappa shape index (κ3) is 4.19. The van der Waals surface area contributed by atoms with Crippen LogP contribution in [-0.2, 0) is 0 Å². The lowest BCUT2D eigenvalue weighted by molar-refractivity contribution is 1.58. The maximum absolute atomic E-state index is 2.50. The molecule has 0 fully saturated rings. The molecule has 13 rings (SSSR count). The molecule has 0 heteroatoms. The first-order chi connectivity index (χ1) is 27.7. The lowest BCUT2D eigenvalue weighted by Gasteiger charge is -2.26. The molecule has 1 aliphatic carbocycles. The SMILES string of the molecule is c1ccc2c(c1)ccc1cc3c(cc12)-c1cc2ccc4ccccc4c2cc1-c1cc2ccc4ccccc4c2cc1-c1cc2ccc4ccccc4c2cc1-3. The van der Waals surface area contributed by atoms with Gasteiger partial charge in [-0.05, 0) is 179 Å². The van der Waals surface area contributed by atoms with Crippen LogP contribution in [0, 0.1) is 0 Å². The van der Waals surface area contributed by atoms with Gasteiger partial charge < -0.3 is 0 Å². The normalized spacial score (nSPS) is 12.3. The Labute approximate surface area is 323 Å². The van der Waals surface area contributed by atoms with E-state index in [0.29, 0.717) is 0 Å². The van der Waals surface area contributed by atoms with Gasteiger partial charge in [-0.1, -0.05) is 146 Å². The summed E-state index contributed by atoms with van der Waals surface area (Å²) in [6, 6.07) is 73.5. The van der Waals surface area contributed by atoms with Crippen LogP contribution < -0.4 is 0 Å². The Morgan fingerprint density at radius 3 is 0.589 bits per heavy atom. The standard InChI is InChI=1S/C56H32/c1-5-13-41-33(9-1)17-21-37-25-49-53(29-45(37)41)50-26-38-22-18-34-10-3-7-15-43(34)47(38)31-55(50)52-28-40-24-20-36-12-4-8-16-44(36)48(40)32-56(52)51-27-39-23-19-35-11-2-6-14-42(35)46(39)30-54(49)51/h1-32H. The van der Waals surface area contributed by atoms with E-state index in [-0.39, 0.29) is 0 Å². The first kappa shape index (κ1) is 30.1. The van der Waals surface area contributed by atoms with Crippen molar-refractivity contribution >= 4 is 86.2 Å². The van der Waals surface area contributed by atoms with Gasteiger partial charge in [-0.2, -0.15) is 0 Å². The van der Waals surface area contributed by atoms with E-state index in [0.717, 1.165) is 0 Å². The topological polar surface area (TPSA) is 0 Å². The fourth-order valence-corrected chi connectivity index (χ4v) is 10.0. The van der Waals surface area contributed by atoms with Crippen molar-refractivity contribution in [3.63, 3.8) is 0 Å². The van der Waals surface area contributed by atoms with Crippen molar-refractivity contribution in [2.75, 3.05) is 0 Å². The molecule has 0 radical (unpaired) electrons. The summed E-state index contributed by atoms with van der Waals surface area (Å²) in [7, 11) is 0. The summed E-state index contributed by atoms with van der Waals surface area (Å²) in [5.74, 6) is 0. The van der Waals surface area contributed by atoms with Crippen LogP contribution in [0.1, 0.15) is 0 Å². The summed E-state index contributed by atoms with van der Waals surface area (Å²) in [5.41, 5.74) is 10.1. The average molecular weight is 705 g/mol. The molecular weight excluding hydrogens is 673 g/mol. The summed E-state index contributed by atoms with van der Waals surface area (Å²) in [5, 5.41) is 20.3. The van der Waals surface area contributed by atoms with Crippen LogP contribution in [-0.4, -0.2) is 0 Å². The molecule has 0 aromatic heterocycles. The minimum absolute atomic E-state index is 1.25. The van der Waals surface area contributed by atoms with Gasteiger partial charge in [-0.3, -0.25) is 0 Å². The maximum atomic E-state index is 2.50. The highest BCUT2D eigenvalue weighted by atomic mass is 14.3. The van der Waals surface area contributed by atoms with Crippen molar-refractivity contribution in [1.29, 1.82) is 0 Å². The molecule has 0 nitrogen and oxygen atoms in total. The van der Waals surface area contributed by atoms with Crippen molar-refractivity contribution in [1.82, 2.24) is 0 Å². The highest BCUT2D eigenvalue weighted by molar-refractivity contribution is 6.21. The van der Waals surface area contributed by atoms with Gasteiger partial charge >= 0.3 is 0 Å². The fraction of sp³-hybridized carbons (Fsp3) is 0. The molecule has 1 aliphatic rings. The zero-order valence-corrected chi connectivity index (χ0v) is 30.5. The van der Waals surface area contributed by atoms with E-state index in [2.05, 4.69) is 194 Å². The Hall–Kier alpha value is -7.28. The van der Waals surface area contributed by atoms with E-state index in [1.54, 1.807) is 0 Å². The Bertz CT molecular complexity index is 3170. The average Bonchev–Trinajstić information content (AvgIpc) is 3.26. The van der Waals surface area contributed by atoms with Gasteiger partial charge in [-0.15, -0.1) is 0 Å². The third-order valence-electron chi connectivity index (χ3n) is 12.7. The van der Waals surface area contributed by atoms with E-state index in [1.807, 2.05) is 0 Å². The van der Waals surface area contributed by atoms with Gasteiger partial charge in [0.05, 0.1) is 0 Å². The molecule has 0 saturated heterocycles. The second kappa shape index (κ2) is 11.1. The molecule has 0 saturated carbocycles. The molecule has 12 aromatic carbocycles. The van der Waals surface area contributed by atoms with Crippen molar-refractivity contribution in [3.8, 4) is 44.5 Å². The van der Waals surface area contributed by atoms with Crippen molar-refractivity contribution in [2.45, 2.75) is 0 Å². The van der Waals surface area contributed by atoms with Gasteiger partial charge in [0.25, 0.3) is 0 Å². The maximum Gasteiger partial charge on any atom is -0.00921 e. The highest BCUT2D eigenvalue weighted by Crippen LogP contribution is 2.53. The largest absolute Gasteiger partial charge is 0.0616 e. The van der Waals surface area contributed by atoms with E-state index in [9.17, 15) is 0 Å². The van der Waals surface area contributed by atoms with Crippen molar-refractivity contribution in [2.24, 2.45) is 0 Å². The van der Waals surface area contributed by atoms with E-state index < -0.39 is 0 Å². The summed E-state index contributed by atoms with van der Waals surface area (Å²) >= 11 is 0. The summed E-state index contributed by atoms with van der Waals surface area (Å²) in [6.07, 6.45) is 0. The molecule has 56 heavy (non-hydrogen) atoms. The van der Waals surface area contributed by atoms with Crippen LogP contribution in [0.25, 0.3) is 131 Å². The summed E-state index contributed by atoms with van der Waals surface area (Å²) in [4.78, 5) is 0. The van der Waals surface area contributed by atoms with Gasteiger partial charge in [0.2, 0.25) is 0 Å². The van der Waals surface area contributed by atoms with E-state index in [4.69, 9.17) is 0 Å². The smallest absolute Gasteiger partial charge is 0.00921 e. The van der Waals surface area contributed by atoms with Crippen LogP contribution in [0.5, 0.6) is 0 Å². The molecule has 0 spiro atoms. The molecule has 0 unspecified atom stereocenters. The van der Waals surface area contributed by atoms with Crippen LogP contribution in [0.4, 0.5) is 0 Å². The number of fused-ring (bicyclic) bond motifs is 20. The molecule has 0 amide bonds. The Kier molecular flexibility index (Phi) is 5.98. The fourth-order valence-electron chi connectivity index (χ4n) is 10.0. The van der Waals surface area contributed by atoms with Crippen molar-refractivity contribution in [3.05, 3.63) is 194 Å². The molecule has 12 aromatic rings. The number of rotatable bonds is 0. The summed E-state index contributed by atoms with van der Waals surface area (Å²) in [6.45, 7) is 0. The first-order valence-electron chi connectivity index (χ1n) is 19.6. The van der Waals surface area contributed by atoms with E-state index >= 15 is 0 Å². The van der Waals surface area contributed by atoms with E-state index in [1.165, 1.54) is 131 Å². The van der Waals surface area contributed by atoms with Gasteiger partial charge in [0, 0.05) is 0 Å². The summed E-state index contributed by atoms with van der Waals surface area (Å²) < 4.78 is 0. The Balaban J connectivity index is 1.27. The quantitative estimate of drug-likeness (QED) is 0.138. The second-order valence-electron chi connectivity index (χ2n) is 15.6. The highest BCUT2D eigenvalue weighted by Gasteiger charge is 2.26. The molecular formula is C56H32. The van der Waals surface area contributed by atoms with Gasteiger partial charge in [0.1, 0.15) is 0 Å². The number of benzene rings is 12. The predicted octanol–water partition coefficient (Wildman–Crippen LogP) is 15.9. The van der Waals surface area contributed by atoms with Crippen LogP contribution in [0.3, 0.4) is 0 Å². The molecule has 256 valence electrons. The number of hydrogen-bond acceptors (Lipinski definition) is 0. The van der Waals surface area contributed by atoms with Crippen LogP contribution >= 0.6 is 0 Å². The molecule has 0 aliphatic heterocycles. The lowest BCUT2D eigenvalue weighted by Crippen LogP contribution is -1.99. The van der Waals surface area contributed by atoms with Crippen LogP contribution in [0.2, 0.25) is 0 Å². The minimum Gasteiger partial charge on any atom is -0.0616 e. The minimum atomic E-state index is 1.25. The molecule has 0 heterocycles. The first-order valence-corrected chi connectivity index (χ1v) is 19.6. The van der Waals surface area contributed by atoms with Gasteiger partial charge in [-0.25, -0.2) is 0 Å². The predicted molar refractivity (Wildman–Crippen MR) is 242 cm³/mol. The zero-order chi connectivity index (χ0) is 36.5. The van der Waals surface area contributed by atoms with Crippen LogP contribution in [0.15, 0.2) is 194 Å². The van der Waals surface area contributed by atoms with Crippen molar-refractivity contribution < 1.29 is 0 Å². The molecule has 0 N–H and O–H groups in total. The number of hydrogen-bond donors (Lipinski definition) is 0. The zero-order valence-electron chi connectivity index (χ0n) is 30.5. The molecule has 0 atom stereocenters. The Morgan fingerprint density at radius 2 is 0.339 bits per heavy atom. The molecule has 0 bridgehead atoms. The third-order valence-corrected chi connectivity index (χ3v) is 12.7. The Morgan fingerprint density at radius 1 is 0.143 bits per heavy atom. The lowest BCUT2D eigenvalue weighted by atomic mass is 9.77. The monoisotopic (exact) mass is 704 g/mol.